The highest BCUT2D eigenvalue weighted by atomic mass is 32.1. The Labute approximate surface area is 123 Å². The third-order valence-corrected chi connectivity index (χ3v) is 5.10. The molecule has 0 aromatic carbocycles. The molecule has 20 heavy (non-hydrogen) atoms. The second kappa shape index (κ2) is 6.10. The molecule has 2 N–H and O–H groups in total. The fraction of sp³-hybridized carbons (Fsp3) is 0.714. The quantitative estimate of drug-likeness (QED) is 0.914. The molecule has 3 rings (SSSR count). The molecule has 0 aliphatic carbocycles. The zero-order chi connectivity index (χ0) is 13.9. The molecule has 2 saturated heterocycles. The molecule has 1 aromatic rings. The molecule has 0 radical (unpaired) electrons. The molecule has 3 heterocycles. The van der Waals surface area contributed by atoms with Crippen LogP contribution in [0.1, 0.15) is 31.4 Å². The molecule has 2 fully saturated rings. The number of aromatic nitrogens is 1. The molecule has 1 amide bonds. The summed E-state index contributed by atoms with van der Waals surface area (Å²) in [7, 11) is 0. The van der Waals surface area contributed by atoms with Gasteiger partial charge >= 0.3 is 0 Å². The van der Waals surface area contributed by atoms with E-state index >= 15 is 0 Å². The maximum atomic E-state index is 12.2. The van der Waals surface area contributed by atoms with Crippen LogP contribution in [0.15, 0.2) is 5.38 Å². The van der Waals surface area contributed by atoms with Crippen LogP contribution in [0.5, 0.6) is 0 Å². The SMILES string of the molecule is Nc1nc(CC(=O)N2CCC(N3CCCC3)CC2)cs1. The summed E-state index contributed by atoms with van der Waals surface area (Å²) < 4.78 is 0. The molecule has 5 nitrogen and oxygen atoms in total. The van der Waals surface area contributed by atoms with Gasteiger partial charge in [-0.15, -0.1) is 11.3 Å². The van der Waals surface area contributed by atoms with Crippen LogP contribution < -0.4 is 5.73 Å². The highest BCUT2D eigenvalue weighted by Gasteiger charge is 2.28. The van der Waals surface area contributed by atoms with Gasteiger partial charge in [0.2, 0.25) is 5.91 Å². The van der Waals surface area contributed by atoms with Crippen LogP contribution in [0.25, 0.3) is 0 Å². The average molecular weight is 294 g/mol. The van der Waals surface area contributed by atoms with Crippen LogP contribution in [0, 0.1) is 0 Å². The van der Waals surface area contributed by atoms with Crippen molar-refractivity contribution in [1.82, 2.24) is 14.8 Å². The Bertz CT molecular complexity index is 461. The highest BCUT2D eigenvalue weighted by molar-refractivity contribution is 7.13. The summed E-state index contributed by atoms with van der Waals surface area (Å²) >= 11 is 1.40. The maximum absolute atomic E-state index is 12.2. The smallest absolute Gasteiger partial charge is 0.228 e. The van der Waals surface area contributed by atoms with E-state index in [0.717, 1.165) is 31.6 Å². The summed E-state index contributed by atoms with van der Waals surface area (Å²) in [6.45, 7) is 4.27. The van der Waals surface area contributed by atoms with E-state index in [0.29, 0.717) is 17.6 Å². The van der Waals surface area contributed by atoms with Crippen molar-refractivity contribution in [2.24, 2.45) is 0 Å². The van der Waals surface area contributed by atoms with Crippen molar-refractivity contribution >= 4 is 22.4 Å². The Morgan fingerprint density at radius 2 is 2.00 bits per heavy atom. The summed E-state index contributed by atoms with van der Waals surface area (Å²) in [6, 6.07) is 0.691. The average Bonchev–Trinajstić information content (AvgIpc) is 3.11. The number of amides is 1. The van der Waals surface area contributed by atoms with E-state index in [4.69, 9.17) is 5.73 Å². The summed E-state index contributed by atoms with van der Waals surface area (Å²) in [5.74, 6) is 0.190. The van der Waals surface area contributed by atoms with Gasteiger partial charge in [0.1, 0.15) is 0 Å². The van der Waals surface area contributed by atoms with Crippen LogP contribution in [0.2, 0.25) is 0 Å². The zero-order valence-corrected chi connectivity index (χ0v) is 12.6. The first-order valence-corrected chi connectivity index (χ1v) is 8.32. The minimum absolute atomic E-state index is 0.190. The molecule has 2 aliphatic heterocycles. The standard InChI is InChI=1S/C14H22N4OS/c15-14-16-11(10-20-14)9-13(19)18-7-3-12(4-8-18)17-5-1-2-6-17/h10,12H,1-9H2,(H2,15,16). The molecule has 2 aliphatic rings. The van der Waals surface area contributed by atoms with Gasteiger partial charge in [0.25, 0.3) is 0 Å². The summed E-state index contributed by atoms with van der Waals surface area (Å²) in [5.41, 5.74) is 6.40. The zero-order valence-electron chi connectivity index (χ0n) is 11.8. The van der Waals surface area contributed by atoms with E-state index in [-0.39, 0.29) is 5.91 Å². The van der Waals surface area contributed by atoms with E-state index in [9.17, 15) is 4.79 Å². The predicted molar refractivity (Wildman–Crippen MR) is 80.6 cm³/mol. The van der Waals surface area contributed by atoms with Gasteiger partial charge < -0.3 is 15.5 Å². The van der Waals surface area contributed by atoms with Crippen LogP contribution in [0.3, 0.4) is 0 Å². The molecular weight excluding hydrogens is 272 g/mol. The number of nitrogen functional groups attached to an aromatic ring is 1. The lowest BCUT2D eigenvalue weighted by Crippen LogP contribution is -2.46. The van der Waals surface area contributed by atoms with Gasteiger partial charge in [0.15, 0.2) is 5.13 Å². The van der Waals surface area contributed by atoms with Crippen LogP contribution >= 0.6 is 11.3 Å². The number of thiazole rings is 1. The third kappa shape index (κ3) is 3.12. The second-order valence-corrected chi connectivity index (χ2v) is 6.60. The lowest BCUT2D eigenvalue weighted by atomic mass is 10.0. The van der Waals surface area contributed by atoms with E-state index < -0.39 is 0 Å². The molecule has 0 spiro atoms. The van der Waals surface area contributed by atoms with Gasteiger partial charge in [-0.2, -0.15) is 0 Å². The van der Waals surface area contributed by atoms with Gasteiger partial charge in [0.05, 0.1) is 12.1 Å². The Balaban J connectivity index is 1.48. The number of hydrogen-bond acceptors (Lipinski definition) is 5. The molecule has 0 saturated carbocycles. The Morgan fingerprint density at radius 1 is 1.30 bits per heavy atom. The van der Waals surface area contributed by atoms with E-state index in [1.165, 1.54) is 37.3 Å². The minimum atomic E-state index is 0.190. The second-order valence-electron chi connectivity index (χ2n) is 5.71. The largest absolute Gasteiger partial charge is 0.375 e. The van der Waals surface area contributed by atoms with Gasteiger partial charge in [-0.3, -0.25) is 4.79 Å². The number of carbonyl (C=O) groups excluding carboxylic acids is 1. The Morgan fingerprint density at radius 3 is 2.60 bits per heavy atom. The predicted octanol–water partition coefficient (Wildman–Crippen LogP) is 1.35. The first-order chi connectivity index (χ1) is 9.72. The summed E-state index contributed by atoms with van der Waals surface area (Å²) in [4.78, 5) is 21.0. The van der Waals surface area contributed by atoms with Gasteiger partial charge in [-0.25, -0.2) is 4.98 Å². The van der Waals surface area contributed by atoms with Crippen LogP contribution in [0.4, 0.5) is 5.13 Å². The lowest BCUT2D eigenvalue weighted by Gasteiger charge is -2.36. The molecule has 0 bridgehead atoms. The third-order valence-electron chi connectivity index (χ3n) is 4.38. The van der Waals surface area contributed by atoms with E-state index in [2.05, 4.69) is 9.88 Å². The fourth-order valence-electron chi connectivity index (χ4n) is 3.26. The van der Waals surface area contributed by atoms with Crippen molar-refractivity contribution in [3.05, 3.63) is 11.1 Å². The topological polar surface area (TPSA) is 62.5 Å². The van der Waals surface area contributed by atoms with Crippen LogP contribution in [-0.2, 0) is 11.2 Å². The van der Waals surface area contributed by atoms with Crippen molar-refractivity contribution in [1.29, 1.82) is 0 Å². The van der Waals surface area contributed by atoms with Crippen molar-refractivity contribution in [3.8, 4) is 0 Å². The maximum Gasteiger partial charge on any atom is 0.228 e. The number of rotatable bonds is 3. The molecule has 110 valence electrons. The number of hydrogen-bond donors (Lipinski definition) is 1. The highest BCUT2D eigenvalue weighted by Crippen LogP contribution is 2.21. The summed E-state index contributed by atoms with van der Waals surface area (Å²) in [6.07, 6.45) is 5.30. The van der Waals surface area contributed by atoms with Crippen molar-refractivity contribution in [2.45, 2.75) is 38.1 Å². The van der Waals surface area contributed by atoms with Crippen molar-refractivity contribution in [2.75, 3.05) is 31.9 Å². The number of likely N-dealkylation sites (tertiary alicyclic amines) is 2. The first kappa shape index (κ1) is 13.8. The molecular formula is C14H22N4OS. The molecule has 6 heteroatoms. The first-order valence-electron chi connectivity index (χ1n) is 7.44. The molecule has 1 aromatic heterocycles. The summed E-state index contributed by atoms with van der Waals surface area (Å²) in [5, 5.41) is 2.42. The van der Waals surface area contributed by atoms with E-state index in [1.807, 2.05) is 10.3 Å². The number of nitrogens with two attached hydrogens (primary N) is 1. The van der Waals surface area contributed by atoms with Gasteiger partial charge in [0, 0.05) is 24.5 Å². The molecule has 0 unspecified atom stereocenters. The number of anilines is 1. The lowest BCUT2D eigenvalue weighted by molar-refractivity contribution is -0.132. The Kier molecular flexibility index (Phi) is 4.21. The Hall–Kier alpha value is -1.14. The minimum Gasteiger partial charge on any atom is -0.375 e. The molecule has 0 atom stereocenters. The van der Waals surface area contributed by atoms with Crippen molar-refractivity contribution in [3.63, 3.8) is 0 Å². The van der Waals surface area contributed by atoms with Gasteiger partial charge in [-0.05, 0) is 38.8 Å². The van der Waals surface area contributed by atoms with Crippen LogP contribution in [-0.4, -0.2) is 52.9 Å². The number of piperidine rings is 1. The number of nitrogens with zero attached hydrogens (tertiary/aromatic N) is 3. The number of carbonyl (C=O) groups is 1. The van der Waals surface area contributed by atoms with Crippen molar-refractivity contribution < 1.29 is 4.79 Å². The van der Waals surface area contributed by atoms with Gasteiger partial charge in [-0.1, -0.05) is 0 Å². The fourth-order valence-corrected chi connectivity index (χ4v) is 3.82. The monoisotopic (exact) mass is 294 g/mol. The van der Waals surface area contributed by atoms with E-state index in [1.54, 1.807) is 0 Å². The normalized spacial score (nSPS) is 21.5.